The van der Waals surface area contributed by atoms with E-state index in [2.05, 4.69) is 0 Å². The number of rotatable bonds is 6. The smallest absolute Gasteiger partial charge is 0.491 e. The Hall–Kier alpha value is -1.79. The summed E-state index contributed by atoms with van der Waals surface area (Å²) in [7, 11) is -1.52. The van der Waals surface area contributed by atoms with Crippen LogP contribution in [0, 0.1) is 0 Å². The molecule has 0 heterocycles. The van der Waals surface area contributed by atoms with Crippen LogP contribution in [0.15, 0.2) is 48.5 Å². The van der Waals surface area contributed by atoms with Crippen molar-refractivity contribution in [1.29, 1.82) is 0 Å². The average Bonchev–Trinajstić information content (AvgIpc) is 2.54. The van der Waals surface area contributed by atoms with Crippen molar-refractivity contribution < 1.29 is 19.6 Å². The molecule has 0 unspecified atom stereocenters. The van der Waals surface area contributed by atoms with Gasteiger partial charge >= 0.3 is 7.12 Å². The maximum absolute atomic E-state index is 12.1. The first kappa shape index (κ1) is 17.6. The largest absolute Gasteiger partial charge is 0.496 e. The highest BCUT2D eigenvalue weighted by Gasteiger charge is 2.07. The minimum absolute atomic E-state index is 0.188. The van der Waals surface area contributed by atoms with Crippen molar-refractivity contribution in [2.75, 3.05) is 6.51 Å². The minimum atomic E-state index is -1.52. The third-order valence-electron chi connectivity index (χ3n) is 2.91. The van der Waals surface area contributed by atoms with Gasteiger partial charge in [-0.15, -0.1) is 0 Å². The molecule has 0 spiro atoms. The zero-order valence-corrected chi connectivity index (χ0v) is 13.5. The number of ether oxygens (including phenoxy) is 1. The van der Waals surface area contributed by atoms with Gasteiger partial charge in [-0.3, -0.25) is 4.79 Å². The molecule has 2 aromatic rings. The average molecular weight is 351 g/mol. The Morgan fingerprint density at radius 3 is 2.39 bits per heavy atom. The molecule has 118 valence electrons. The molecule has 0 bridgehead atoms. The van der Waals surface area contributed by atoms with Crippen molar-refractivity contribution in [1.82, 2.24) is 0 Å². The summed E-state index contributed by atoms with van der Waals surface area (Å²) in [5.41, 5.74) is 1.25. The Morgan fingerprint density at radius 1 is 1.09 bits per heavy atom. The molecule has 0 atom stereocenters. The van der Waals surface area contributed by atoms with Gasteiger partial charge in [0.15, 0.2) is 5.78 Å². The number of benzene rings is 2. The third kappa shape index (κ3) is 5.41. The summed E-state index contributed by atoms with van der Waals surface area (Å²) in [6.45, 7) is -0.203. The summed E-state index contributed by atoms with van der Waals surface area (Å²) in [5, 5.41) is 18.2. The Bertz CT molecular complexity index is 715. The van der Waals surface area contributed by atoms with Crippen LogP contribution < -0.4 is 4.74 Å². The third-order valence-corrected chi connectivity index (χ3v) is 3.65. The molecule has 0 aliphatic heterocycles. The predicted octanol–water partition coefficient (Wildman–Crippen LogP) is 3.28. The molecule has 2 N–H and O–H groups in total. The summed E-state index contributed by atoms with van der Waals surface area (Å²) < 4.78 is 5.12. The highest BCUT2D eigenvalue weighted by Crippen LogP contribution is 2.23. The normalized spacial score (nSPS) is 10.8. The SMILES string of the molecule is O=C(/C=C/c1ccc(OCB(O)O)cc1)c1ccc(Cl)c(Cl)c1. The first-order chi connectivity index (χ1) is 11.0. The first-order valence-electron chi connectivity index (χ1n) is 6.72. The summed E-state index contributed by atoms with van der Waals surface area (Å²) in [5.74, 6) is 0.318. The van der Waals surface area contributed by atoms with Crippen LogP contribution >= 0.6 is 23.2 Å². The molecular formula is C16H13BCl2O4. The molecule has 0 amide bonds. The maximum atomic E-state index is 12.1. The summed E-state index contributed by atoms with van der Waals surface area (Å²) in [4.78, 5) is 12.1. The van der Waals surface area contributed by atoms with E-state index in [0.717, 1.165) is 5.56 Å². The van der Waals surface area contributed by atoms with E-state index in [-0.39, 0.29) is 12.3 Å². The van der Waals surface area contributed by atoms with E-state index in [1.165, 1.54) is 12.1 Å². The van der Waals surface area contributed by atoms with E-state index in [1.807, 2.05) is 0 Å². The fourth-order valence-electron chi connectivity index (χ4n) is 1.76. The summed E-state index contributed by atoms with van der Waals surface area (Å²) in [6.07, 6.45) is 3.10. The molecule has 2 aromatic carbocycles. The molecule has 2 rings (SSSR count). The van der Waals surface area contributed by atoms with Gasteiger partial charge in [0, 0.05) is 5.56 Å². The van der Waals surface area contributed by atoms with Gasteiger partial charge < -0.3 is 14.8 Å². The standard InChI is InChI=1S/C16H13BCl2O4/c18-14-7-4-12(9-15(14)19)16(20)8-3-11-1-5-13(6-2-11)23-10-17(21)22/h1-9,21-22H,10H2/b8-3+. The molecule has 23 heavy (non-hydrogen) atoms. The highest BCUT2D eigenvalue weighted by molar-refractivity contribution is 6.42. The van der Waals surface area contributed by atoms with Crippen molar-refractivity contribution in [3.05, 3.63) is 69.7 Å². The molecule has 0 saturated heterocycles. The topological polar surface area (TPSA) is 66.8 Å². The summed E-state index contributed by atoms with van der Waals surface area (Å²) >= 11 is 11.7. The van der Waals surface area contributed by atoms with Crippen LogP contribution in [0.25, 0.3) is 6.08 Å². The van der Waals surface area contributed by atoms with Crippen LogP contribution in [0.2, 0.25) is 10.0 Å². The van der Waals surface area contributed by atoms with Crippen LogP contribution in [0.3, 0.4) is 0 Å². The van der Waals surface area contributed by atoms with Gasteiger partial charge in [0.2, 0.25) is 0 Å². The molecule has 7 heteroatoms. The Balaban J connectivity index is 2.01. The second-order valence-electron chi connectivity index (χ2n) is 4.69. The lowest BCUT2D eigenvalue weighted by Crippen LogP contribution is -2.22. The van der Waals surface area contributed by atoms with E-state index in [9.17, 15) is 4.79 Å². The lowest BCUT2D eigenvalue weighted by molar-refractivity contribution is 0.104. The monoisotopic (exact) mass is 350 g/mol. The zero-order valence-electron chi connectivity index (χ0n) is 11.9. The quantitative estimate of drug-likeness (QED) is 0.476. The molecule has 0 aliphatic rings. The molecule has 0 saturated carbocycles. The van der Waals surface area contributed by atoms with Crippen molar-refractivity contribution in [2.24, 2.45) is 0 Å². The molecule has 0 aliphatic carbocycles. The van der Waals surface area contributed by atoms with Gasteiger partial charge in [-0.2, -0.15) is 0 Å². The van der Waals surface area contributed by atoms with E-state index in [1.54, 1.807) is 42.5 Å². The van der Waals surface area contributed by atoms with Gasteiger partial charge in [-0.25, -0.2) is 0 Å². The fraction of sp³-hybridized carbons (Fsp3) is 0.0625. The molecule has 0 aromatic heterocycles. The van der Waals surface area contributed by atoms with Gasteiger partial charge in [-0.05, 0) is 42.0 Å². The molecular weight excluding hydrogens is 338 g/mol. The first-order valence-corrected chi connectivity index (χ1v) is 7.48. The lowest BCUT2D eigenvalue weighted by Gasteiger charge is -2.05. The zero-order chi connectivity index (χ0) is 16.8. The number of hydrogen-bond donors (Lipinski definition) is 2. The van der Waals surface area contributed by atoms with Crippen LogP contribution in [0.5, 0.6) is 5.75 Å². The van der Waals surface area contributed by atoms with Gasteiger partial charge in [0.1, 0.15) is 12.3 Å². The van der Waals surface area contributed by atoms with Gasteiger partial charge in [0.25, 0.3) is 0 Å². The van der Waals surface area contributed by atoms with Crippen molar-refractivity contribution in [3.63, 3.8) is 0 Å². The molecule has 0 fully saturated rings. The second-order valence-corrected chi connectivity index (χ2v) is 5.50. The Kier molecular flexibility index (Phi) is 6.24. The number of carbonyl (C=O) groups is 1. The van der Waals surface area contributed by atoms with E-state index in [4.69, 9.17) is 38.0 Å². The van der Waals surface area contributed by atoms with E-state index < -0.39 is 7.12 Å². The number of ketones is 1. The van der Waals surface area contributed by atoms with Crippen molar-refractivity contribution in [2.45, 2.75) is 0 Å². The second kappa shape index (κ2) is 8.18. The highest BCUT2D eigenvalue weighted by atomic mass is 35.5. The van der Waals surface area contributed by atoms with Gasteiger partial charge in [-0.1, -0.05) is 41.4 Å². The predicted molar refractivity (Wildman–Crippen MR) is 92.0 cm³/mol. The number of allylic oxidation sites excluding steroid dienone is 1. The van der Waals surface area contributed by atoms with Crippen molar-refractivity contribution in [3.8, 4) is 5.75 Å². The van der Waals surface area contributed by atoms with Crippen LogP contribution in [-0.2, 0) is 0 Å². The number of carbonyl (C=O) groups excluding carboxylic acids is 1. The summed E-state index contributed by atoms with van der Waals surface area (Å²) in [6, 6.07) is 11.5. The molecule has 4 nitrogen and oxygen atoms in total. The maximum Gasteiger partial charge on any atom is 0.491 e. The van der Waals surface area contributed by atoms with Crippen LogP contribution in [0.4, 0.5) is 0 Å². The molecule has 0 radical (unpaired) electrons. The Morgan fingerprint density at radius 2 is 1.78 bits per heavy atom. The van der Waals surface area contributed by atoms with E-state index in [0.29, 0.717) is 21.4 Å². The number of hydrogen-bond acceptors (Lipinski definition) is 4. The van der Waals surface area contributed by atoms with Crippen LogP contribution in [-0.4, -0.2) is 29.5 Å². The minimum Gasteiger partial charge on any atom is -0.496 e. The lowest BCUT2D eigenvalue weighted by atomic mass is 9.95. The number of halogens is 2. The fourth-order valence-corrected chi connectivity index (χ4v) is 2.06. The van der Waals surface area contributed by atoms with Crippen LogP contribution in [0.1, 0.15) is 15.9 Å². The Labute approximate surface area is 144 Å². The van der Waals surface area contributed by atoms with Crippen molar-refractivity contribution >= 4 is 42.2 Å². The van der Waals surface area contributed by atoms with Gasteiger partial charge in [0.05, 0.1) is 10.0 Å². The van der Waals surface area contributed by atoms with E-state index >= 15 is 0 Å².